The molecule has 1 heterocycles. The number of thiol groups is 1. The van der Waals surface area contributed by atoms with E-state index in [4.69, 9.17) is 0 Å². The second kappa shape index (κ2) is 4.65. The van der Waals surface area contributed by atoms with Gasteiger partial charge >= 0.3 is 0 Å². The Kier molecular flexibility index (Phi) is 2.79. The molecule has 3 aromatic carbocycles. The first-order valence-electron chi connectivity index (χ1n) is 6.56. The topological polar surface area (TPSA) is 0 Å². The third-order valence-corrected chi connectivity index (χ3v) is 6.21. The zero-order valence-electron chi connectivity index (χ0n) is 10.8. The number of fused-ring (bicyclic) bond motifs is 3. The summed E-state index contributed by atoms with van der Waals surface area (Å²) in [5.74, 6) is 0. The van der Waals surface area contributed by atoms with Crippen molar-refractivity contribution < 1.29 is 0 Å². The lowest BCUT2D eigenvalue weighted by atomic mass is 10.2. The van der Waals surface area contributed by atoms with Crippen molar-refractivity contribution in [2.45, 2.75) is 4.90 Å². The Hall–Kier alpha value is -1.77. The normalized spacial score (nSPS) is 11.2. The van der Waals surface area contributed by atoms with Crippen LogP contribution in [-0.2, 0) is 0 Å². The lowest BCUT2D eigenvalue weighted by Crippen LogP contribution is -1.70. The molecule has 1 aromatic heterocycles. The smallest absolute Gasteiger partial charge is 0.143 e. The average molecular weight is 293 g/mol. The Labute approximate surface area is 126 Å². The molecule has 0 bridgehead atoms. The monoisotopic (exact) mass is 293 g/mol. The van der Waals surface area contributed by atoms with Gasteiger partial charge in [0.15, 0.2) is 14.3 Å². The van der Waals surface area contributed by atoms with Gasteiger partial charge in [0.25, 0.3) is 0 Å². The Morgan fingerprint density at radius 2 is 1.10 bits per heavy atom. The van der Waals surface area contributed by atoms with Crippen molar-refractivity contribution >= 4 is 43.3 Å². The van der Waals surface area contributed by atoms with E-state index in [0.717, 1.165) is 4.90 Å². The zero-order valence-corrected chi connectivity index (χ0v) is 12.5. The highest BCUT2D eigenvalue weighted by molar-refractivity contribution is 7.80. The molecule has 0 aliphatic rings. The minimum absolute atomic E-state index is 0.0172. The summed E-state index contributed by atoms with van der Waals surface area (Å²) in [6, 6.07) is 26.1. The summed E-state index contributed by atoms with van der Waals surface area (Å²) in [4.78, 5) is 2.37. The molecule has 0 saturated heterocycles. The molecule has 0 aliphatic carbocycles. The van der Waals surface area contributed by atoms with Gasteiger partial charge in [0.2, 0.25) is 0 Å². The van der Waals surface area contributed by atoms with E-state index >= 15 is 0 Å². The van der Waals surface area contributed by atoms with Crippen LogP contribution >= 0.6 is 23.1 Å². The summed E-state index contributed by atoms with van der Waals surface area (Å²) < 4.78 is 2.86. The number of thiophene rings is 1. The summed E-state index contributed by atoms with van der Waals surface area (Å²) in [6.45, 7) is 0. The van der Waals surface area contributed by atoms with Gasteiger partial charge in [-0.1, -0.05) is 24.3 Å². The number of benzene rings is 3. The molecule has 0 radical (unpaired) electrons. The quantitative estimate of drug-likeness (QED) is 0.322. The lowest BCUT2D eigenvalue weighted by Gasteiger charge is -1.94. The van der Waals surface area contributed by atoms with Crippen LogP contribution < -0.4 is 0 Å². The summed E-state index contributed by atoms with van der Waals surface area (Å²) in [7, 11) is 0.0172. The maximum atomic E-state index is 4.39. The van der Waals surface area contributed by atoms with Crippen LogP contribution in [0.1, 0.15) is 0 Å². The molecule has 0 aliphatic heterocycles. The van der Waals surface area contributed by atoms with Crippen molar-refractivity contribution in [2.75, 3.05) is 0 Å². The predicted octanol–water partition coefficient (Wildman–Crippen LogP) is 6.02. The van der Waals surface area contributed by atoms with Crippen LogP contribution in [0, 0.1) is 0 Å². The van der Waals surface area contributed by atoms with E-state index in [0.29, 0.717) is 0 Å². The van der Waals surface area contributed by atoms with E-state index in [2.05, 4.69) is 85.4 Å². The van der Waals surface area contributed by atoms with Crippen molar-refractivity contribution in [3.8, 4) is 4.90 Å². The molecule has 2 heteroatoms. The Morgan fingerprint density at radius 1 is 0.600 bits per heavy atom. The van der Waals surface area contributed by atoms with Crippen molar-refractivity contribution in [1.29, 1.82) is 0 Å². The summed E-state index contributed by atoms with van der Waals surface area (Å²) in [5, 5.41) is 2.75. The molecule has 0 saturated carbocycles. The molecular formula is C18H13S2+. The van der Waals surface area contributed by atoms with Crippen LogP contribution in [0.4, 0.5) is 0 Å². The first-order chi connectivity index (χ1) is 9.84. The van der Waals surface area contributed by atoms with Crippen molar-refractivity contribution in [3.63, 3.8) is 0 Å². The van der Waals surface area contributed by atoms with Gasteiger partial charge in [-0.15, -0.1) is 12.6 Å². The Morgan fingerprint density at radius 3 is 1.65 bits per heavy atom. The van der Waals surface area contributed by atoms with Gasteiger partial charge in [0, 0.05) is 26.1 Å². The molecule has 4 rings (SSSR count). The standard InChI is InChI=1S/C18H12S2/c19-13-9-11-14(12-10-13)20-17-7-3-1-5-15(17)16-6-2-4-8-18(16)20/h1-12H/p+1. The molecule has 0 fully saturated rings. The minimum Gasteiger partial charge on any atom is -0.143 e. The van der Waals surface area contributed by atoms with Crippen LogP contribution in [0.15, 0.2) is 77.7 Å². The SMILES string of the molecule is Sc1ccc(-[s+]2c3ccccc3c3ccccc32)cc1. The molecule has 0 amide bonds. The first kappa shape index (κ1) is 12.0. The number of hydrogen-bond donors (Lipinski definition) is 1. The summed E-state index contributed by atoms with van der Waals surface area (Å²) >= 11 is 4.39. The molecule has 4 aromatic rings. The maximum absolute atomic E-state index is 4.39. The van der Waals surface area contributed by atoms with Crippen LogP contribution in [0.5, 0.6) is 0 Å². The fraction of sp³-hybridized carbons (Fsp3) is 0. The van der Waals surface area contributed by atoms with Crippen LogP contribution in [0.3, 0.4) is 0 Å². The largest absolute Gasteiger partial charge is 0.187 e. The molecular weight excluding hydrogens is 280 g/mol. The van der Waals surface area contributed by atoms with E-state index in [-0.39, 0.29) is 10.5 Å². The van der Waals surface area contributed by atoms with Crippen LogP contribution in [0.25, 0.3) is 25.1 Å². The number of hydrogen-bond acceptors (Lipinski definition) is 1. The molecule has 0 spiro atoms. The fourth-order valence-corrected chi connectivity index (χ4v) is 5.22. The van der Waals surface area contributed by atoms with Crippen molar-refractivity contribution in [2.24, 2.45) is 0 Å². The second-order valence-electron chi connectivity index (χ2n) is 4.79. The summed E-state index contributed by atoms with van der Waals surface area (Å²) in [6.07, 6.45) is 0. The third-order valence-electron chi connectivity index (χ3n) is 3.58. The highest BCUT2D eigenvalue weighted by atomic mass is 32.2. The summed E-state index contributed by atoms with van der Waals surface area (Å²) in [5.41, 5.74) is 0. The first-order valence-corrected chi connectivity index (χ1v) is 8.23. The van der Waals surface area contributed by atoms with E-state index in [1.54, 1.807) is 0 Å². The average Bonchev–Trinajstić information content (AvgIpc) is 2.83. The number of rotatable bonds is 1. The molecule has 0 atom stereocenters. The van der Waals surface area contributed by atoms with E-state index in [1.165, 1.54) is 25.1 Å². The van der Waals surface area contributed by atoms with Crippen LogP contribution in [0.2, 0.25) is 0 Å². The molecule has 96 valence electrons. The third kappa shape index (κ3) is 1.76. The molecule has 0 unspecified atom stereocenters. The second-order valence-corrected chi connectivity index (χ2v) is 7.27. The van der Waals surface area contributed by atoms with Gasteiger partial charge in [0.05, 0.1) is 0 Å². The molecule has 0 nitrogen and oxygen atoms in total. The van der Waals surface area contributed by atoms with Gasteiger partial charge in [-0.3, -0.25) is 0 Å². The zero-order chi connectivity index (χ0) is 13.5. The molecule has 0 N–H and O–H groups in total. The van der Waals surface area contributed by atoms with Crippen LogP contribution in [-0.4, -0.2) is 0 Å². The van der Waals surface area contributed by atoms with Gasteiger partial charge in [-0.05, 0) is 48.5 Å². The van der Waals surface area contributed by atoms with E-state index in [9.17, 15) is 0 Å². The molecule has 20 heavy (non-hydrogen) atoms. The van der Waals surface area contributed by atoms with Gasteiger partial charge < -0.3 is 0 Å². The predicted molar refractivity (Wildman–Crippen MR) is 92.5 cm³/mol. The highest BCUT2D eigenvalue weighted by Crippen LogP contribution is 2.48. The van der Waals surface area contributed by atoms with Gasteiger partial charge in [0.1, 0.15) is 0 Å². The van der Waals surface area contributed by atoms with Crippen molar-refractivity contribution in [3.05, 3.63) is 72.8 Å². The fourth-order valence-electron chi connectivity index (χ4n) is 2.69. The van der Waals surface area contributed by atoms with Crippen molar-refractivity contribution in [1.82, 2.24) is 0 Å². The van der Waals surface area contributed by atoms with Gasteiger partial charge in [-0.25, -0.2) is 0 Å². The highest BCUT2D eigenvalue weighted by Gasteiger charge is 2.22. The van der Waals surface area contributed by atoms with Gasteiger partial charge in [-0.2, -0.15) is 0 Å². The Balaban J connectivity index is 2.17. The van der Waals surface area contributed by atoms with E-state index in [1.807, 2.05) is 0 Å². The lowest BCUT2D eigenvalue weighted by molar-refractivity contribution is 1.50. The Bertz CT molecular complexity index is 848. The van der Waals surface area contributed by atoms with E-state index < -0.39 is 0 Å². The maximum Gasteiger partial charge on any atom is 0.187 e. The minimum atomic E-state index is 0.0172.